The number of hydrogen-bond acceptors (Lipinski definition) is 1. The third-order valence-electron chi connectivity index (χ3n) is 3.77. The highest BCUT2D eigenvalue weighted by atomic mass is 16.1. The number of primary amides is 1. The molecule has 2 N–H and O–H groups in total. The summed E-state index contributed by atoms with van der Waals surface area (Å²) in [5.74, 6) is -0.171. The summed E-state index contributed by atoms with van der Waals surface area (Å²) in [7, 11) is 0. The summed E-state index contributed by atoms with van der Waals surface area (Å²) in [5.41, 5.74) is 5.38. The fourth-order valence-electron chi connectivity index (χ4n) is 2.86. The lowest BCUT2D eigenvalue weighted by Crippen LogP contribution is -2.36. The molecule has 2 nitrogen and oxygen atoms in total. The number of carbonyl (C=O) groups is 1. The smallest absolute Gasteiger partial charge is 0.223 e. The normalized spacial score (nSPS) is 15.6. The zero-order valence-electron chi connectivity index (χ0n) is 12.4. The van der Waals surface area contributed by atoms with Crippen LogP contribution in [0.3, 0.4) is 0 Å². The van der Waals surface area contributed by atoms with Crippen molar-refractivity contribution in [2.24, 2.45) is 16.6 Å². The van der Waals surface area contributed by atoms with Crippen molar-refractivity contribution in [2.75, 3.05) is 0 Å². The van der Waals surface area contributed by atoms with E-state index in [0.29, 0.717) is 0 Å². The first kappa shape index (κ1) is 16.5. The van der Waals surface area contributed by atoms with Crippen molar-refractivity contribution in [2.45, 2.75) is 79.6 Å². The van der Waals surface area contributed by atoms with Crippen LogP contribution in [0.2, 0.25) is 0 Å². The first-order chi connectivity index (χ1) is 7.77. The fourth-order valence-corrected chi connectivity index (χ4v) is 2.86. The Kier molecular flexibility index (Phi) is 6.81. The van der Waals surface area contributed by atoms with Crippen LogP contribution in [0.25, 0.3) is 0 Å². The van der Waals surface area contributed by atoms with Crippen molar-refractivity contribution >= 4 is 5.91 Å². The molecular formula is C15H31NO. The minimum absolute atomic E-state index is 0.171. The maximum atomic E-state index is 11.5. The maximum absolute atomic E-state index is 11.5. The van der Waals surface area contributed by atoms with Gasteiger partial charge in [-0.1, -0.05) is 60.3 Å². The first-order valence-corrected chi connectivity index (χ1v) is 7.07. The Labute approximate surface area is 107 Å². The lowest BCUT2D eigenvalue weighted by molar-refractivity contribution is -0.127. The van der Waals surface area contributed by atoms with Crippen LogP contribution in [0.4, 0.5) is 0 Å². The molecule has 0 saturated heterocycles. The van der Waals surface area contributed by atoms with Crippen LogP contribution in [-0.4, -0.2) is 5.91 Å². The van der Waals surface area contributed by atoms with E-state index in [4.69, 9.17) is 5.73 Å². The monoisotopic (exact) mass is 241 g/mol. The van der Waals surface area contributed by atoms with Crippen LogP contribution in [0, 0.1) is 10.8 Å². The van der Waals surface area contributed by atoms with Gasteiger partial charge in [-0.15, -0.1) is 0 Å². The average molecular weight is 241 g/mol. The first-order valence-electron chi connectivity index (χ1n) is 7.07. The van der Waals surface area contributed by atoms with Gasteiger partial charge in [0.05, 0.1) is 0 Å². The molecule has 0 saturated carbocycles. The summed E-state index contributed by atoms with van der Waals surface area (Å²) >= 11 is 0. The molecule has 0 aromatic heterocycles. The number of amides is 1. The number of carbonyl (C=O) groups excluding carboxylic acids is 1. The fraction of sp³-hybridized carbons (Fsp3) is 0.933. The number of hydrogen-bond donors (Lipinski definition) is 1. The van der Waals surface area contributed by atoms with Gasteiger partial charge in [0.2, 0.25) is 5.91 Å². The second-order valence-electron chi connectivity index (χ2n) is 6.44. The lowest BCUT2D eigenvalue weighted by Gasteiger charge is -2.36. The molecular weight excluding hydrogens is 210 g/mol. The molecule has 1 unspecified atom stereocenters. The molecule has 0 radical (unpaired) electrons. The molecule has 0 spiro atoms. The van der Waals surface area contributed by atoms with Crippen LogP contribution >= 0.6 is 0 Å². The topological polar surface area (TPSA) is 43.1 Å². The summed E-state index contributed by atoms with van der Waals surface area (Å²) in [4.78, 5) is 11.5. The van der Waals surface area contributed by atoms with Crippen LogP contribution in [0.15, 0.2) is 0 Å². The zero-order valence-corrected chi connectivity index (χ0v) is 12.4. The second-order valence-corrected chi connectivity index (χ2v) is 6.44. The molecule has 102 valence electrons. The highest BCUT2D eigenvalue weighted by molar-refractivity contribution is 5.79. The number of unbranched alkanes of at least 4 members (excludes halogenated alkanes) is 2. The van der Waals surface area contributed by atoms with E-state index in [-0.39, 0.29) is 16.7 Å². The number of rotatable bonds is 9. The van der Waals surface area contributed by atoms with E-state index < -0.39 is 0 Å². The predicted octanol–water partition coefficient (Wildman–Crippen LogP) is 4.27. The molecule has 0 aliphatic rings. The van der Waals surface area contributed by atoms with Gasteiger partial charge in [0, 0.05) is 5.41 Å². The van der Waals surface area contributed by atoms with Crippen molar-refractivity contribution in [1.29, 1.82) is 0 Å². The van der Waals surface area contributed by atoms with Crippen LogP contribution in [0.1, 0.15) is 79.6 Å². The Morgan fingerprint density at radius 3 is 2.00 bits per heavy atom. The quantitative estimate of drug-likeness (QED) is 0.602. The second kappa shape index (κ2) is 7.03. The maximum Gasteiger partial charge on any atom is 0.223 e. The van der Waals surface area contributed by atoms with E-state index in [9.17, 15) is 4.79 Å². The van der Waals surface area contributed by atoms with Crippen molar-refractivity contribution in [3.63, 3.8) is 0 Å². The Morgan fingerprint density at radius 1 is 1.00 bits per heavy atom. The molecule has 0 aromatic carbocycles. The highest BCUT2D eigenvalue weighted by Crippen LogP contribution is 2.41. The molecule has 17 heavy (non-hydrogen) atoms. The molecule has 1 amide bonds. The van der Waals surface area contributed by atoms with E-state index >= 15 is 0 Å². The van der Waals surface area contributed by atoms with Gasteiger partial charge in [-0.3, -0.25) is 4.79 Å². The largest absolute Gasteiger partial charge is 0.369 e. The molecule has 0 aliphatic heterocycles. The summed E-state index contributed by atoms with van der Waals surface area (Å²) in [6.07, 6.45) is 8.29. The van der Waals surface area contributed by atoms with Gasteiger partial charge >= 0.3 is 0 Å². The Hall–Kier alpha value is -0.530. The molecule has 0 bridgehead atoms. The van der Waals surface area contributed by atoms with Gasteiger partial charge in [0.15, 0.2) is 0 Å². The van der Waals surface area contributed by atoms with E-state index in [1.165, 1.54) is 38.5 Å². The third-order valence-corrected chi connectivity index (χ3v) is 3.77. The molecule has 0 aliphatic carbocycles. The minimum Gasteiger partial charge on any atom is -0.369 e. The van der Waals surface area contributed by atoms with Gasteiger partial charge in [-0.25, -0.2) is 0 Å². The Balaban J connectivity index is 4.53. The SMILES string of the molecule is CCCCCC(C)(CCC)CC(C)(C)C(N)=O. The molecule has 0 fully saturated rings. The van der Waals surface area contributed by atoms with Crippen molar-refractivity contribution in [3.05, 3.63) is 0 Å². The van der Waals surface area contributed by atoms with Crippen molar-refractivity contribution < 1.29 is 4.79 Å². The molecule has 0 rings (SSSR count). The van der Waals surface area contributed by atoms with E-state index in [2.05, 4.69) is 20.8 Å². The van der Waals surface area contributed by atoms with Gasteiger partial charge in [0.1, 0.15) is 0 Å². The molecule has 1 atom stereocenters. The summed E-state index contributed by atoms with van der Waals surface area (Å²) in [6.45, 7) is 10.7. The standard InChI is InChI=1S/C15H31NO/c1-6-8-9-11-15(5,10-7-2)12-14(3,4)13(16)17/h6-12H2,1-5H3,(H2,16,17). The number of nitrogens with two attached hydrogens (primary N) is 1. The molecule has 2 heteroatoms. The van der Waals surface area contributed by atoms with Crippen LogP contribution < -0.4 is 5.73 Å². The van der Waals surface area contributed by atoms with Gasteiger partial charge < -0.3 is 5.73 Å². The van der Waals surface area contributed by atoms with E-state index in [1.807, 2.05) is 13.8 Å². The van der Waals surface area contributed by atoms with Crippen molar-refractivity contribution in [3.8, 4) is 0 Å². The summed E-state index contributed by atoms with van der Waals surface area (Å²) in [5, 5.41) is 0. The van der Waals surface area contributed by atoms with Gasteiger partial charge in [0.25, 0.3) is 0 Å². The Morgan fingerprint density at radius 2 is 1.59 bits per heavy atom. The van der Waals surface area contributed by atoms with Gasteiger partial charge in [-0.05, 0) is 24.7 Å². The van der Waals surface area contributed by atoms with Crippen LogP contribution in [-0.2, 0) is 4.79 Å². The molecule has 0 aromatic rings. The summed E-state index contributed by atoms with van der Waals surface area (Å²) in [6, 6.07) is 0. The van der Waals surface area contributed by atoms with E-state index in [0.717, 1.165) is 6.42 Å². The third kappa shape index (κ3) is 6.09. The zero-order chi connectivity index (χ0) is 13.5. The van der Waals surface area contributed by atoms with Crippen LogP contribution in [0.5, 0.6) is 0 Å². The highest BCUT2D eigenvalue weighted by Gasteiger charge is 2.35. The minimum atomic E-state index is -0.379. The van der Waals surface area contributed by atoms with Crippen molar-refractivity contribution in [1.82, 2.24) is 0 Å². The van der Waals surface area contributed by atoms with Gasteiger partial charge in [-0.2, -0.15) is 0 Å². The summed E-state index contributed by atoms with van der Waals surface area (Å²) < 4.78 is 0. The van der Waals surface area contributed by atoms with E-state index in [1.54, 1.807) is 0 Å². The average Bonchev–Trinajstić information content (AvgIpc) is 2.17. The Bertz CT molecular complexity index is 235. The molecule has 0 heterocycles. The predicted molar refractivity (Wildman–Crippen MR) is 74.7 cm³/mol. The lowest BCUT2D eigenvalue weighted by atomic mass is 9.69.